The Bertz CT molecular complexity index is 738. The van der Waals surface area contributed by atoms with Crippen molar-refractivity contribution in [2.75, 3.05) is 33.3 Å². The molecule has 28 heavy (non-hydrogen) atoms. The molecule has 1 aliphatic rings. The molecule has 0 aromatic heterocycles. The molecule has 0 bridgehead atoms. The molecule has 0 radical (unpaired) electrons. The van der Waals surface area contributed by atoms with E-state index in [4.69, 9.17) is 9.47 Å². The van der Waals surface area contributed by atoms with Crippen molar-refractivity contribution >= 4 is 12.4 Å². The Balaban J connectivity index is 0.00000280. The van der Waals surface area contributed by atoms with Crippen LogP contribution in [0.4, 0.5) is 13.2 Å². The molecule has 2 aromatic rings. The number of rotatable bonds is 6. The lowest BCUT2D eigenvalue weighted by Crippen LogP contribution is -2.49. The predicted octanol–water partition coefficient (Wildman–Crippen LogP) is 4.20. The molecule has 1 saturated heterocycles. The Morgan fingerprint density at radius 2 is 1.71 bits per heavy atom. The normalized spacial score (nSPS) is 16.1. The molecule has 1 N–H and O–H groups in total. The number of halogens is 4. The van der Waals surface area contributed by atoms with Crippen molar-refractivity contribution in [3.63, 3.8) is 0 Å². The quantitative estimate of drug-likeness (QED) is 0.765. The summed E-state index contributed by atoms with van der Waals surface area (Å²) in [5.41, 5.74) is 1.09. The average Bonchev–Trinajstić information content (AvgIpc) is 2.67. The van der Waals surface area contributed by atoms with Gasteiger partial charge in [-0.2, -0.15) is 13.2 Å². The molecule has 8 heteroatoms. The van der Waals surface area contributed by atoms with Gasteiger partial charge in [0.2, 0.25) is 0 Å². The summed E-state index contributed by atoms with van der Waals surface area (Å²) in [6.07, 6.45) is -4.37. The van der Waals surface area contributed by atoms with Crippen LogP contribution in [0.15, 0.2) is 48.5 Å². The highest BCUT2D eigenvalue weighted by Gasteiger charge is 2.45. The van der Waals surface area contributed by atoms with Crippen LogP contribution in [0.25, 0.3) is 0 Å². The van der Waals surface area contributed by atoms with E-state index in [9.17, 15) is 13.2 Å². The van der Waals surface area contributed by atoms with Gasteiger partial charge in [0.1, 0.15) is 12.6 Å². The van der Waals surface area contributed by atoms with Gasteiger partial charge in [-0.05, 0) is 23.3 Å². The maximum absolute atomic E-state index is 13.8. The molecule has 1 fully saturated rings. The number of piperazine rings is 1. The number of methoxy groups -OCH3 is 1. The lowest BCUT2D eigenvalue weighted by Gasteiger charge is -2.36. The second kappa shape index (κ2) is 10.0. The first kappa shape index (κ1) is 22.3. The molecule has 2 aromatic carbocycles. The third-order valence-corrected chi connectivity index (χ3v) is 4.57. The molecule has 154 valence electrons. The van der Waals surface area contributed by atoms with E-state index < -0.39 is 12.2 Å². The van der Waals surface area contributed by atoms with Crippen LogP contribution in [0.1, 0.15) is 17.2 Å². The SMILES string of the molecule is COc1ccc([C@@H](N2CCNCC2)C(F)(F)F)cc1OCc1ccccc1.Cl. The van der Waals surface area contributed by atoms with Gasteiger partial charge < -0.3 is 14.8 Å². The predicted molar refractivity (Wildman–Crippen MR) is 104 cm³/mol. The van der Waals surface area contributed by atoms with Gasteiger partial charge in [-0.15, -0.1) is 12.4 Å². The number of nitrogens with one attached hydrogen (secondary N) is 1. The summed E-state index contributed by atoms with van der Waals surface area (Å²) in [6, 6.07) is 12.3. The average molecular weight is 417 g/mol. The van der Waals surface area contributed by atoms with Crippen LogP contribution in [-0.2, 0) is 6.61 Å². The highest BCUT2D eigenvalue weighted by Crippen LogP contribution is 2.41. The van der Waals surface area contributed by atoms with Crippen molar-refractivity contribution < 1.29 is 22.6 Å². The lowest BCUT2D eigenvalue weighted by atomic mass is 10.0. The largest absolute Gasteiger partial charge is 0.493 e. The molecular formula is C20H24ClF3N2O2. The first-order chi connectivity index (χ1) is 13.0. The first-order valence-corrected chi connectivity index (χ1v) is 8.85. The molecule has 0 amide bonds. The van der Waals surface area contributed by atoms with Crippen LogP contribution in [0, 0.1) is 0 Å². The Kier molecular flexibility index (Phi) is 7.98. The van der Waals surface area contributed by atoms with Crippen LogP contribution < -0.4 is 14.8 Å². The van der Waals surface area contributed by atoms with Gasteiger partial charge in [-0.25, -0.2) is 0 Å². The van der Waals surface area contributed by atoms with Crippen LogP contribution in [0.2, 0.25) is 0 Å². The zero-order chi connectivity index (χ0) is 19.3. The third-order valence-electron chi connectivity index (χ3n) is 4.57. The fourth-order valence-corrected chi connectivity index (χ4v) is 3.26. The monoisotopic (exact) mass is 416 g/mol. The zero-order valence-corrected chi connectivity index (χ0v) is 16.4. The van der Waals surface area contributed by atoms with E-state index in [-0.39, 0.29) is 24.6 Å². The number of nitrogens with zero attached hydrogens (tertiary/aromatic N) is 1. The number of benzene rings is 2. The fraction of sp³-hybridized carbons (Fsp3) is 0.400. The van der Waals surface area contributed by atoms with Crippen molar-refractivity contribution in [1.29, 1.82) is 0 Å². The van der Waals surface area contributed by atoms with Crippen molar-refractivity contribution in [2.45, 2.75) is 18.8 Å². The van der Waals surface area contributed by atoms with Gasteiger partial charge in [0, 0.05) is 26.2 Å². The van der Waals surface area contributed by atoms with Crippen molar-refractivity contribution in [3.8, 4) is 11.5 Å². The molecule has 0 unspecified atom stereocenters. The Morgan fingerprint density at radius 1 is 1.04 bits per heavy atom. The molecular weight excluding hydrogens is 393 g/mol. The van der Waals surface area contributed by atoms with Crippen molar-refractivity contribution in [3.05, 3.63) is 59.7 Å². The minimum Gasteiger partial charge on any atom is -0.493 e. The van der Waals surface area contributed by atoms with Gasteiger partial charge >= 0.3 is 6.18 Å². The summed E-state index contributed by atoms with van der Waals surface area (Å²) in [5, 5.41) is 3.09. The summed E-state index contributed by atoms with van der Waals surface area (Å²) < 4.78 is 52.5. The molecule has 1 heterocycles. The molecule has 0 saturated carbocycles. The maximum atomic E-state index is 13.8. The molecule has 1 atom stereocenters. The van der Waals surface area contributed by atoms with Crippen LogP contribution in [0.3, 0.4) is 0 Å². The van der Waals surface area contributed by atoms with Crippen molar-refractivity contribution in [1.82, 2.24) is 10.2 Å². The summed E-state index contributed by atoms with van der Waals surface area (Å²) in [4.78, 5) is 1.46. The number of alkyl halides is 3. The van der Waals surface area contributed by atoms with Gasteiger partial charge in [0.05, 0.1) is 7.11 Å². The van der Waals surface area contributed by atoms with E-state index in [0.717, 1.165) is 5.56 Å². The molecule has 1 aliphatic heterocycles. The minimum atomic E-state index is -4.37. The van der Waals surface area contributed by atoms with E-state index in [1.54, 1.807) is 0 Å². The van der Waals surface area contributed by atoms with Gasteiger partial charge in [0.15, 0.2) is 11.5 Å². The third kappa shape index (κ3) is 5.53. The van der Waals surface area contributed by atoms with E-state index in [1.807, 2.05) is 30.3 Å². The highest BCUT2D eigenvalue weighted by atomic mass is 35.5. The summed E-state index contributed by atoms with van der Waals surface area (Å²) in [7, 11) is 1.47. The van der Waals surface area contributed by atoms with E-state index >= 15 is 0 Å². The standard InChI is InChI=1S/C20H23F3N2O2.ClH/c1-26-17-8-7-16(13-18(17)27-14-15-5-3-2-4-6-15)19(20(21,22)23)25-11-9-24-10-12-25;/h2-8,13,19,24H,9-12,14H2,1H3;1H/t19-;/m1./s1. The number of ether oxygens (including phenoxy) is 2. The number of hydrogen-bond acceptors (Lipinski definition) is 4. The molecule has 4 nitrogen and oxygen atoms in total. The summed E-state index contributed by atoms with van der Waals surface area (Å²) in [5.74, 6) is 0.721. The minimum absolute atomic E-state index is 0. The second-order valence-corrected chi connectivity index (χ2v) is 6.41. The maximum Gasteiger partial charge on any atom is 0.408 e. The summed E-state index contributed by atoms with van der Waals surface area (Å²) >= 11 is 0. The Morgan fingerprint density at radius 3 is 2.32 bits per heavy atom. The van der Waals surface area contributed by atoms with Gasteiger partial charge in [-0.3, -0.25) is 4.90 Å². The van der Waals surface area contributed by atoms with E-state index in [2.05, 4.69) is 5.32 Å². The topological polar surface area (TPSA) is 33.7 Å². The molecule has 0 aliphatic carbocycles. The zero-order valence-electron chi connectivity index (χ0n) is 15.5. The van der Waals surface area contributed by atoms with E-state index in [1.165, 1.54) is 30.2 Å². The smallest absolute Gasteiger partial charge is 0.408 e. The first-order valence-electron chi connectivity index (χ1n) is 8.85. The molecule has 3 rings (SSSR count). The second-order valence-electron chi connectivity index (χ2n) is 6.41. The van der Waals surface area contributed by atoms with Crippen molar-refractivity contribution in [2.24, 2.45) is 0 Å². The van der Waals surface area contributed by atoms with Crippen LogP contribution in [0.5, 0.6) is 11.5 Å². The van der Waals surface area contributed by atoms with E-state index in [0.29, 0.717) is 37.7 Å². The van der Waals surface area contributed by atoms with Crippen LogP contribution >= 0.6 is 12.4 Å². The van der Waals surface area contributed by atoms with Gasteiger partial charge in [-0.1, -0.05) is 36.4 Å². The summed E-state index contributed by atoms with van der Waals surface area (Å²) in [6.45, 7) is 2.03. The lowest BCUT2D eigenvalue weighted by molar-refractivity contribution is -0.187. The Hall–Kier alpha value is -1.96. The van der Waals surface area contributed by atoms with Gasteiger partial charge in [0.25, 0.3) is 0 Å². The fourth-order valence-electron chi connectivity index (χ4n) is 3.26. The highest BCUT2D eigenvalue weighted by molar-refractivity contribution is 5.85. The molecule has 0 spiro atoms. The number of hydrogen-bond donors (Lipinski definition) is 1. The Labute approximate surface area is 169 Å². The van der Waals surface area contributed by atoms with Crippen LogP contribution in [-0.4, -0.2) is 44.4 Å².